The lowest BCUT2D eigenvalue weighted by Crippen LogP contribution is -2.13. The van der Waals surface area contributed by atoms with Crippen LogP contribution in [-0.2, 0) is 4.79 Å². The lowest BCUT2D eigenvalue weighted by molar-refractivity contribution is -0.112. The number of carbonyl (C=O) groups excluding carboxylic acids is 1. The molecule has 1 N–H and O–H groups in total. The SMILES string of the molecule is N#C/C(=C/c1cccnc1)C(=O)Nc1ccccc1. The molecule has 0 atom stereocenters. The van der Waals surface area contributed by atoms with Gasteiger partial charge < -0.3 is 5.32 Å². The van der Waals surface area contributed by atoms with Crippen LogP contribution in [0.15, 0.2) is 60.4 Å². The number of hydrogen-bond donors (Lipinski definition) is 1. The van der Waals surface area contributed by atoms with Gasteiger partial charge >= 0.3 is 0 Å². The van der Waals surface area contributed by atoms with Gasteiger partial charge in [0.15, 0.2) is 0 Å². The third-order valence-corrected chi connectivity index (χ3v) is 2.39. The molecule has 19 heavy (non-hydrogen) atoms. The molecule has 0 radical (unpaired) electrons. The van der Waals surface area contributed by atoms with Crippen molar-refractivity contribution in [3.63, 3.8) is 0 Å². The Morgan fingerprint density at radius 1 is 1.21 bits per heavy atom. The number of carbonyl (C=O) groups is 1. The fourth-order valence-corrected chi connectivity index (χ4v) is 1.50. The third kappa shape index (κ3) is 3.51. The number of aromatic nitrogens is 1. The van der Waals surface area contributed by atoms with Gasteiger partial charge in [-0.15, -0.1) is 0 Å². The predicted octanol–water partition coefficient (Wildman–Crippen LogP) is 2.63. The highest BCUT2D eigenvalue weighted by Gasteiger charge is 2.08. The van der Waals surface area contributed by atoms with E-state index in [1.54, 1.807) is 36.7 Å². The molecule has 92 valence electrons. The summed E-state index contributed by atoms with van der Waals surface area (Å²) in [6, 6.07) is 14.4. The molecule has 0 saturated carbocycles. The standard InChI is InChI=1S/C15H11N3O/c16-10-13(9-12-5-4-8-17-11-12)15(19)18-14-6-2-1-3-7-14/h1-9,11H,(H,18,19)/b13-9-. The molecule has 0 bridgehead atoms. The zero-order valence-electron chi connectivity index (χ0n) is 10.1. The van der Waals surface area contributed by atoms with E-state index >= 15 is 0 Å². The molecule has 0 fully saturated rings. The summed E-state index contributed by atoms with van der Waals surface area (Å²) in [7, 11) is 0. The van der Waals surface area contributed by atoms with Crippen LogP contribution in [0.3, 0.4) is 0 Å². The minimum atomic E-state index is -0.433. The minimum absolute atomic E-state index is 0.0388. The Bertz CT molecular complexity index is 627. The van der Waals surface area contributed by atoms with Gasteiger partial charge in [-0.1, -0.05) is 24.3 Å². The summed E-state index contributed by atoms with van der Waals surface area (Å²) in [5, 5.41) is 11.7. The number of anilines is 1. The van der Waals surface area contributed by atoms with E-state index in [-0.39, 0.29) is 5.57 Å². The quantitative estimate of drug-likeness (QED) is 0.671. The molecule has 1 heterocycles. The van der Waals surface area contributed by atoms with Gasteiger partial charge in [-0.25, -0.2) is 0 Å². The van der Waals surface area contributed by atoms with Crippen LogP contribution in [-0.4, -0.2) is 10.9 Å². The van der Waals surface area contributed by atoms with Crippen LogP contribution in [0, 0.1) is 11.3 Å². The maximum absolute atomic E-state index is 11.9. The number of para-hydroxylation sites is 1. The van der Waals surface area contributed by atoms with E-state index in [2.05, 4.69) is 10.3 Å². The summed E-state index contributed by atoms with van der Waals surface area (Å²) in [5.41, 5.74) is 1.40. The topological polar surface area (TPSA) is 65.8 Å². The molecule has 0 spiro atoms. The van der Waals surface area contributed by atoms with Crippen molar-refractivity contribution >= 4 is 17.7 Å². The molecule has 1 aromatic heterocycles. The van der Waals surface area contributed by atoms with Crippen LogP contribution in [0.25, 0.3) is 6.08 Å². The van der Waals surface area contributed by atoms with E-state index in [0.29, 0.717) is 11.3 Å². The van der Waals surface area contributed by atoms with E-state index < -0.39 is 5.91 Å². The van der Waals surface area contributed by atoms with Crippen molar-refractivity contribution in [2.75, 3.05) is 5.32 Å². The Balaban J connectivity index is 2.17. The van der Waals surface area contributed by atoms with E-state index in [4.69, 9.17) is 5.26 Å². The van der Waals surface area contributed by atoms with Crippen LogP contribution in [0.5, 0.6) is 0 Å². The molecule has 0 aliphatic rings. The van der Waals surface area contributed by atoms with E-state index in [0.717, 1.165) is 0 Å². The van der Waals surface area contributed by atoms with Gasteiger partial charge in [0.2, 0.25) is 0 Å². The Labute approximate surface area is 111 Å². The average Bonchev–Trinajstić information content (AvgIpc) is 2.47. The molecule has 2 aromatic rings. The van der Waals surface area contributed by atoms with E-state index in [1.807, 2.05) is 24.3 Å². The van der Waals surface area contributed by atoms with Crippen LogP contribution in [0.1, 0.15) is 5.56 Å². The summed E-state index contributed by atoms with van der Waals surface area (Å²) in [4.78, 5) is 15.9. The van der Waals surface area contributed by atoms with Crippen LogP contribution < -0.4 is 5.32 Å². The highest BCUT2D eigenvalue weighted by Crippen LogP contribution is 2.10. The fourth-order valence-electron chi connectivity index (χ4n) is 1.50. The van der Waals surface area contributed by atoms with E-state index in [1.165, 1.54) is 6.08 Å². The third-order valence-electron chi connectivity index (χ3n) is 2.39. The number of nitrogens with one attached hydrogen (secondary N) is 1. The molecule has 0 aliphatic heterocycles. The summed E-state index contributed by atoms with van der Waals surface area (Å²) in [6.07, 6.45) is 4.73. The number of nitrogens with zero attached hydrogens (tertiary/aromatic N) is 2. The molecule has 0 saturated heterocycles. The second-order valence-corrected chi connectivity index (χ2v) is 3.78. The summed E-state index contributed by atoms with van der Waals surface area (Å²) in [6.45, 7) is 0. The predicted molar refractivity (Wildman–Crippen MR) is 72.9 cm³/mol. The maximum Gasteiger partial charge on any atom is 0.266 e. The summed E-state index contributed by atoms with van der Waals surface area (Å²) >= 11 is 0. The molecule has 4 heteroatoms. The second kappa shape index (κ2) is 6.12. The first kappa shape index (κ1) is 12.5. The van der Waals surface area contributed by atoms with Crippen molar-refractivity contribution in [1.29, 1.82) is 5.26 Å². The van der Waals surface area contributed by atoms with Crippen molar-refractivity contribution in [1.82, 2.24) is 4.98 Å². The number of benzene rings is 1. The van der Waals surface area contributed by atoms with Gasteiger partial charge in [0, 0.05) is 18.1 Å². The first-order chi connectivity index (χ1) is 9.29. The highest BCUT2D eigenvalue weighted by molar-refractivity contribution is 6.09. The first-order valence-electron chi connectivity index (χ1n) is 5.68. The number of amides is 1. The highest BCUT2D eigenvalue weighted by atomic mass is 16.1. The molecular formula is C15H11N3O. The number of pyridine rings is 1. The Hall–Kier alpha value is -2.93. The Morgan fingerprint density at radius 3 is 2.63 bits per heavy atom. The summed E-state index contributed by atoms with van der Waals surface area (Å²) in [5.74, 6) is -0.433. The van der Waals surface area contributed by atoms with Gasteiger partial charge in [-0.2, -0.15) is 5.26 Å². The van der Waals surface area contributed by atoms with Crippen molar-refractivity contribution < 1.29 is 4.79 Å². The number of nitriles is 1. The first-order valence-corrected chi connectivity index (χ1v) is 5.68. The van der Waals surface area contributed by atoms with E-state index in [9.17, 15) is 4.79 Å². The average molecular weight is 249 g/mol. The fraction of sp³-hybridized carbons (Fsp3) is 0. The van der Waals surface area contributed by atoms with Crippen LogP contribution >= 0.6 is 0 Å². The van der Waals surface area contributed by atoms with Gasteiger partial charge in [0.05, 0.1) is 0 Å². The molecule has 0 aliphatic carbocycles. The van der Waals surface area contributed by atoms with Crippen molar-refractivity contribution in [3.05, 3.63) is 66.0 Å². The monoisotopic (exact) mass is 249 g/mol. The van der Waals surface area contributed by atoms with Gasteiger partial charge in [-0.05, 0) is 29.8 Å². The lowest BCUT2D eigenvalue weighted by Gasteiger charge is -2.03. The maximum atomic E-state index is 11.9. The van der Waals surface area contributed by atoms with Gasteiger partial charge in [0.25, 0.3) is 5.91 Å². The molecule has 1 aromatic carbocycles. The lowest BCUT2D eigenvalue weighted by atomic mass is 10.1. The van der Waals surface area contributed by atoms with Crippen molar-refractivity contribution in [3.8, 4) is 6.07 Å². The molecule has 4 nitrogen and oxygen atoms in total. The van der Waals surface area contributed by atoms with Crippen molar-refractivity contribution in [2.24, 2.45) is 0 Å². The molecule has 2 rings (SSSR count). The number of hydrogen-bond acceptors (Lipinski definition) is 3. The Kier molecular flexibility index (Phi) is 4.04. The Morgan fingerprint density at radius 2 is 2.00 bits per heavy atom. The van der Waals surface area contributed by atoms with Gasteiger partial charge in [0.1, 0.15) is 11.6 Å². The zero-order chi connectivity index (χ0) is 13.5. The van der Waals surface area contributed by atoms with Crippen LogP contribution in [0.2, 0.25) is 0 Å². The van der Waals surface area contributed by atoms with Crippen molar-refractivity contribution in [2.45, 2.75) is 0 Å². The molecule has 1 amide bonds. The minimum Gasteiger partial charge on any atom is -0.321 e. The smallest absolute Gasteiger partial charge is 0.266 e. The largest absolute Gasteiger partial charge is 0.321 e. The summed E-state index contributed by atoms with van der Waals surface area (Å²) < 4.78 is 0. The second-order valence-electron chi connectivity index (χ2n) is 3.78. The van der Waals surface area contributed by atoms with Gasteiger partial charge in [-0.3, -0.25) is 9.78 Å². The molecule has 0 unspecified atom stereocenters. The zero-order valence-corrected chi connectivity index (χ0v) is 10.1. The normalized spacial score (nSPS) is 10.6. The molecular weight excluding hydrogens is 238 g/mol. The number of rotatable bonds is 3. The van der Waals surface area contributed by atoms with Crippen LogP contribution in [0.4, 0.5) is 5.69 Å².